The zero-order valence-electron chi connectivity index (χ0n) is 9.62. The van der Waals surface area contributed by atoms with Crippen molar-refractivity contribution in [2.75, 3.05) is 6.61 Å². The molecule has 1 aliphatic rings. The zero-order valence-corrected chi connectivity index (χ0v) is 11.2. The van der Waals surface area contributed by atoms with Gasteiger partial charge in [0.05, 0.1) is 6.61 Å². The Hall–Kier alpha value is -1.82. The summed E-state index contributed by atoms with van der Waals surface area (Å²) >= 11 is 3.35. The lowest BCUT2D eigenvalue weighted by atomic mass is 10.1. The summed E-state index contributed by atoms with van der Waals surface area (Å²) in [5.41, 5.74) is 0.928. The van der Waals surface area contributed by atoms with Gasteiger partial charge in [0.25, 0.3) is 5.91 Å². The number of hydrogen-bond acceptors (Lipinski definition) is 3. The number of carbonyl (C=O) groups excluding carboxylic acids is 2. The minimum absolute atomic E-state index is 0.207. The summed E-state index contributed by atoms with van der Waals surface area (Å²) in [6.07, 6.45) is 1.58. The molecule has 18 heavy (non-hydrogen) atoms. The van der Waals surface area contributed by atoms with Crippen LogP contribution >= 0.6 is 15.9 Å². The Balaban J connectivity index is 2.38. The van der Waals surface area contributed by atoms with Crippen LogP contribution < -0.4 is 15.4 Å². The fourth-order valence-corrected chi connectivity index (χ4v) is 1.94. The van der Waals surface area contributed by atoms with E-state index in [1.807, 2.05) is 19.1 Å². The van der Waals surface area contributed by atoms with Gasteiger partial charge in [-0.15, -0.1) is 0 Å². The van der Waals surface area contributed by atoms with Gasteiger partial charge in [-0.05, 0) is 31.2 Å². The Bertz CT molecular complexity index is 540. The number of benzene rings is 1. The third-order valence-corrected chi connectivity index (χ3v) is 2.78. The molecule has 0 radical (unpaired) electrons. The van der Waals surface area contributed by atoms with Crippen molar-refractivity contribution in [2.24, 2.45) is 0 Å². The van der Waals surface area contributed by atoms with Crippen molar-refractivity contribution in [3.05, 3.63) is 33.9 Å². The van der Waals surface area contributed by atoms with E-state index in [1.54, 1.807) is 12.1 Å². The first-order valence-corrected chi connectivity index (χ1v) is 6.16. The maximum atomic E-state index is 11.4. The van der Waals surface area contributed by atoms with Gasteiger partial charge in [-0.3, -0.25) is 10.1 Å². The van der Waals surface area contributed by atoms with Crippen molar-refractivity contribution in [3.63, 3.8) is 0 Å². The van der Waals surface area contributed by atoms with E-state index in [-0.39, 0.29) is 5.70 Å². The van der Waals surface area contributed by atoms with E-state index in [9.17, 15) is 9.59 Å². The predicted molar refractivity (Wildman–Crippen MR) is 70.0 cm³/mol. The van der Waals surface area contributed by atoms with E-state index >= 15 is 0 Å². The third-order valence-electron chi connectivity index (χ3n) is 2.29. The third kappa shape index (κ3) is 2.70. The molecular weight excluding hydrogens is 300 g/mol. The molecule has 0 bridgehead atoms. The molecule has 6 heteroatoms. The lowest BCUT2D eigenvalue weighted by Crippen LogP contribution is -2.22. The van der Waals surface area contributed by atoms with Crippen molar-refractivity contribution in [1.82, 2.24) is 10.6 Å². The van der Waals surface area contributed by atoms with Gasteiger partial charge in [-0.1, -0.05) is 15.9 Å². The molecule has 0 spiro atoms. The number of halogens is 1. The van der Waals surface area contributed by atoms with Crippen molar-refractivity contribution in [2.45, 2.75) is 6.92 Å². The average molecular weight is 311 g/mol. The van der Waals surface area contributed by atoms with Crippen LogP contribution in [0, 0.1) is 0 Å². The average Bonchev–Trinajstić information content (AvgIpc) is 2.61. The standard InChI is InChI=1S/C12H11BrN2O3/c1-2-18-10-4-3-8(13)5-7(10)6-9-11(16)15-12(17)14-9/h3-6H,2H2,1H3,(H2,14,15,16,17)/b9-6-. The van der Waals surface area contributed by atoms with Gasteiger partial charge in [0, 0.05) is 10.0 Å². The molecule has 1 fully saturated rings. The molecule has 1 heterocycles. The lowest BCUT2D eigenvalue weighted by Gasteiger charge is -2.08. The summed E-state index contributed by atoms with van der Waals surface area (Å²) in [6.45, 7) is 2.40. The van der Waals surface area contributed by atoms with Gasteiger partial charge in [-0.25, -0.2) is 4.79 Å². The van der Waals surface area contributed by atoms with E-state index in [4.69, 9.17) is 4.74 Å². The summed E-state index contributed by atoms with van der Waals surface area (Å²) in [4.78, 5) is 22.4. The molecule has 1 saturated heterocycles. The van der Waals surface area contributed by atoms with E-state index in [0.29, 0.717) is 12.4 Å². The van der Waals surface area contributed by atoms with Crippen molar-refractivity contribution < 1.29 is 14.3 Å². The number of nitrogens with one attached hydrogen (secondary N) is 2. The minimum Gasteiger partial charge on any atom is -0.493 e. The molecule has 1 aliphatic heterocycles. The van der Waals surface area contributed by atoms with Gasteiger partial charge >= 0.3 is 6.03 Å². The maximum absolute atomic E-state index is 11.4. The van der Waals surface area contributed by atoms with Crippen LogP contribution in [-0.4, -0.2) is 18.5 Å². The normalized spacial score (nSPS) is 16.7. The van der Waals surface area contributed by atoms with E-state index < -0.39 is 11.9 Å². The number of imide groups is 1. The molecule has 1 aromatic carbocycles. The summed E-state index contributed by atoms with van der Waals surface area (Å²) in [5, 5.41) is 4.57. The molecule has 0 aromatic heterocycles. The largest absolute Gasteiger partial charge is 0.493 e. The van der Waals surface area contributed by atoms with Crippen LogP contribution in [0.3, 0.4) is 0 Å². The van der Waals surface area contributed by atoms with Crippen molar-refractivity contribution >= 4 is 33.9 Å². The first-order valence-electron chi connectivity index (χ1n) is 5.36. The van der Waals surface area contributed by atoms with Crippen LogP contribution in [0.25, 0.3) is 6.08 Å². The molecule has 0 unspecified atom stereocenters. The Morgan fingerprint density at radius 3 is 2.72 bits per heavy atom. The number of urea groups is 1. The van der Waals surface area contributed by atoms with E-state index in [0.717, 1.165) is 10.0 Å². The molecule has 0 atom stereocenters. The fraction of sp³-hybridized carbons (Fsp3) is 0.167. The highest BCUT2D eigenvalue weighted by atomic mass is 79.9. The highest BCUT2D eigenvalue weighted by Crippen LogP contribution is 2.25. The van der Waals surface area contributed by atoms with Gasteiger partial charge in [0.1, 0.15) is 11.4 Å². The topological polar surface area (TPSA) is 67.4 Å². The van der Waals surface area contributed by atoms with Crippen LogP contribution in [-0.2, 0) is 4.79 Å². The summed E-state index contributed by atoms with van der Waals surface area (Å²) in [6, 6.07) is 4.95. The van der Waals surface area contributed by atoms with E-state index in [1.165, 1.54) is 0 Å². The second-order valence-corrected chi connectivity index (χ2v) is 4.50. The molecule has 0 saturated carbocycles. The molecule has 2 rings (SSSR count). The lowest BCUT2D eigenvalue weighted by molar-refractivity contribution is -0.115. The van der Waals surface area contributed by atoms with Crippen LogP contribution in [0.15, 0.2) is 28.4 Å². The number of carbonyl (C=O) groups is 2. The van der Waals surface area contributed by atoms with Gasteiger partial charge in [-0.2, -0.15) is 0 Å². The van der Waals surface area contributed by atoms with E-state index in [2.05, 4.69) is 26.6 Å². The first-order chi connectivity index (χ1) is 8.60. The molecular formula is C12H11BrN2O3. The van der Waals surface area contributed by atoms with Crippen molar-refractivity contribution in [3.8, 4) is 5.75 Å². The number of hydrogen-bond donors (Lipinski definition) is 2. The monoisotopic (exact) mass is 310 g/mol. The summed E-state index contributed by atoms with van der Waals surface area (Å²) in [5.74, 6) is 0.213. The fourth-order valence-electron chi connectivity index (χ4n) is 1.56. The summed E-state index contributed by atoms with van der Waals surface area (Å²) in [7, 11) is 0. The molecule has 94 valence electrons. The molecule has 5 nitrogen and oxygen atoms in total. The smallest absolute Gasteiger partial charge is 0.326 e. The van der Waals surface area contributed by atoms with Crippen LogP contribution in [0.5, 0.6) is 5.75 Å². The summed E-state index contributed by atoms with van der Waals surface area (Å²) < 4.78 is 6.32. The number of ether oxygens (including phenoxy) is 1. The Kier molecular flexibility index (Phi) is 3.66. The SMILES string of the molecule is CCOc1ccc(Br)cc1/C=C1\NC(=O)NC1=O. The highest BCUT2D eigenvalue weighted by Gasteiger charge is 2.23. The molecule has 0 aliphatic carbocycles. The number of amides is 3. The van der Waals surface area contributed by atoms with Gasteiger partial charge < -0.3 is 10.1 Å². The molecule has 2 N–H and O–H groups in total. The molecule has 3 amide bonds. The van der Waals surface area contributed by atoms with Crippen LogP contribution in [0.4, 0.5) is 4.79 Å². The zero-order chi connectivity index (χ0) is 13.1. The van der Waals surface area contributed by atoms with Crippen LogP contribution in [0.2, 0.25) is 0 Å². The van der Waals surface area contributed by atoms with Crippen LogP contribution in [0.1, 0.15) is 12.5 Å². The second-order valence-electron chi connectivity index (χ2n) is 3.58. The van der Waals surface area contributed by atoms with Gasteiger partial charge in [0.2, 0.25) is 0 Å². The minimum atomic E-state index is -0.515. The van der Waals surface area contributed by atoms with Gasteiger partial charge in [0.15, 0.2) is 0 Å². The Morgan fingerprint density at radius 1 is 1.33 bits per heavy atom. The first kappa shape index (κ1) is 12.6. The number of rotatable bonds is 3. The Morgan fingerprint density at radius 2 is 2.11 bits per heavy atom. The highest BCUT2D eigenvalue weighted by molar-refractivity contribution is 9.10. The quantitative estimate of drug-likeness (QED) is 0.663. The molecule has 1 aromatic rings. The Labute approximate surface area is 112 Å². The second kappa shape index (κ2) is 5.22. The van der Waals surface area contributed by atoms with Crippen molar-refractivity contribution in [1.29, 1.82) is 0 Å². The maximum Gasteiger partial charge on any atom is 0.326 e. The predicted octanol–water partition coefficient (Wildman–Crippen LogP) is 2.03.